The van der Waals surface area contributed by atoms with Crippen LogP contribution in [0.2, 0.25) is 0 Å². The number of ether oxygens (including phenoxy) is 1. The van der Waals surface area contributed by atoms with Gasteiger partial charge in [0.05, 0.1) is 13.2 Å². The van der Waals surface area contributed by atoms with Gasteiger partial charge in [-0.3, -0.25) is 0 Å². The predicted molar refractivity (Wildman–Crippen MR) is 68.8 cm³/mol. The molecule has 0 radical (unpaired) electrons. The van der Waals surface area contributed by atoms with Gasteiger partial charge in [-0.2, -0.15) is 0 Å². The lowest BCUT2D eigenvalue weighted by molar-refractivity contribution is 0.160. The average Bonchev–Trinajstić information content (AvgIpc) is 2.61. The molecule has 0 saturated heterocycles. The minimum atomic E-state index is 0.419. The fraction of sp³-hybridized carbons (Fsp3) is 0.636. The van der Waals surface area contributed by atoms with Crippen molar-refractivity contribution in [3.8, 4) is 0 Å². The largest absolute Gasteiger partial charge is 0.454 e. The number of rotatable bonds is 7. The quantitative estimate of drug-likeness (QED) is 0.784. The van der Waals surface area contributed by atoms with Crippen LogP contribution in [0, 0.1) is 3.77 Å². The van der Waals surface area contributed by atoms with Crippen LogP contribution in [0.1, 0.15) is 25.5 Å². The van der Waals surface area contributed by atoms with E-state index in [0.717, 1.165) is 35.5 Å². The fourth-order valence-electron chi connectivity index (χ4n) is 1.49. The molecule has 15 heavy (non-hydrogen) atoms. The Morgan fingerprint density at radius 2 is 2.33 bits per heavy atom. The Morgan fingerprint density at radius 3 is 2.87 bits per heavy atom. The number of furan rings is 1. The van der Waals surface area contributed by atoms with Gasteiger partial charge in [0.1, 0.15) is 5.76 Å². The van der Waals surface area contributed by atoms with Crippen LogP contribution < -0.4 is 5.32 Å². The van der Waals surface area contributed by atoms with E-state index >= 15 is 0 Å². The van der Waals surface area contributed by atoms with Crippen molar-refractivity contribution in [3.05, 3.63) is 21.7 Å². The summed E-state index contributed by atoms with van der Waals surface area (Å²) >= 11 is 2.17. The van der Waals surface area contributed by atoms with Gasteiger partial charge in [0, 0.05) is 13.2 Å². The van der Waals surface area contributed by atoms with E-state index in [1.165, 1.54) is 0 Å². The van der Waals surface area contributed by atoms with Crippen molar-refractivity contribution in [2.75, 3.05) is 13.7 Å². The first-order valence-electron chi connectivity index (χ1n) is 5.22. The summed E-state index contributed by atoms with van der Waals surface area (Å²) in [5, 5.41) is 3.43. The smallest absolute Gasteiger partial charge is 0.164 e. The van der Waals surface area contributed by atoms with Gasteiger partial charge in [-0.1, -0.05) is 13.3 Å². The lowest BCUT2D eigenvalue weighted by atomic mass is 10.2. The van der Waals surface area contributed by atoms with E-state index in [-0.39, 0.29) is 0 Å². The number of hydrogen-bond acceptors (Lipinski definition) is 3. The number of halogens is 1. The van der Waals surface area contributed by atoms with E-state index < -0.39 is 0 Å². The molecule has 1 aromatic rings. The van der Waals surface area contributed by atoms with Crippen LogP contribution >= 0.6 is 22.6 Å². The van der Waals surface area contributed by atoms with Crippen molar-refractivity contribution >= 4 is 22.6 Å². The molecule has 1 atom stereocenters. The zero-order valence-electron chi connectivity index (χ0n) is 9.25. The van der Waals surface area contributed by atoms with Crippen LogP contribution in [0.15, 0.2) is 16.5 Å². The van der Waals surface area contributed by atoms with Gasteiger partial charge in [0.2, 0.25) is 0 Å². The highest BCUT2D eigenvalue weighted by Gasteiger charge is 2.07. The monoisotopic (exact) mass is 323 g/mol. The molecule has 0 aromatic carbocycles. The minimum absolute atomic E-state index is 0.419. The molecule has 0 aliphatic rings. The molecule has 0 amide bonds. The van der Waals surface area contributed by atoms with Crippen molar-refractivity contribution in [1.82, 2.24) is 5.32 Å². The van der Waals surface area contributed by atoms with E-state index in [0.29, 0.717) is 6.04 Å². The van der Waals surface area contributed by atoms with E-state index in [1.54, 1.807) is 7.11 Å². The van der Waals surface area contributed by atoms with Crippen LogP contribution in [0.5, 0.6) is 0 Å². The lowest BCUT2D eigenvalue weighted by Gasteiger charge is -2.16. The fourth-order valence-corrected chi connectivity index (χ4v) is 1.95. The zero-order chi connectivity index (χ0) is 11.1. The highest BCUT2D eigenvalue weighted by Crippen LogP contribution is 2.10. The second kappa shape index (κ2) is 7.24. The molecule has 0 aliphatic carbocycles. The summed E-state index contributed by atoms with van der Waals surface area (Å²) in [5.74, 6) is 0.983. The van der Waals surface area contributed by atoms with Crippen molar-refractivity contribution in [2.24, 2.45) is 0 Å². The standard InChI is InChI=1S/C11H18INO2/c1-3-4-9(8-14-2)13-7-10-5-6-11(12)15-10/h5-6,9,13H,3-4,7-8H2,1-2H3. The first-order chi connectivity index (χ1) is 7.26. The van der Waals surface area contributed by atoms with E-state index in [2.05, 4.69) is 34.8 Å². The van der Waals surface area contributed by atoms with Gasteiger partial charge < -0.3 is 14.5 Å². The molecule has 1 rings (SSSR count). The molecule has 1 unspecified atom stereocenters. The Kier molecular flexibility index (Phi) is 6.28. The first-order valence-corrected chi connectivity index (χ1v) is 6.30. The lowest BCUT2D eigenvalue weighted by Crippen LogP contribution is -2.32. The van der Waals surface area contributed by atoms with E-state index in [4.69, 9.17) is 9.15 Å². The first kappa shape index (κ1) is 13.0. The molecule has 1 heterocycles. The molecule has 0 saturated carbocycles. The maximum absolute atomic E-state index is 5.47. The Hall–Kier alpha value is -0.0700. The Bertz CT molecular complexity index is 269. The van der Waals surface area contributed by atoms with Crippen LogP contribution in [0.4, 0.5) is 0 Å². The van der Waals surface area contributed by atoms with Gasteiger partial charge in [0.25, 0.3) is 0 Å². The summed E-state index contributed by atoms with van der Waals surface area (Å²) in [6, 6.07) is 4.40. The zero-order valence-corrected chi connectivity index (χ0v) is 11.4. The van der Waals surface area contributed by atoms with Crippen LogP contribution in [0.25, 0.3) is 0 Å². The minimum Gasteiger partial charge on any atom is -0.454 e. The molecule has 0 aliphatic heterocycles. The Morgan fingerprint density at radius 1 is 1.53 bits per heavy atom. The number of methoxy groups -OCH3 is 1. The third-order valence-electron chi connectivity index (χ3n) is 2.20. The molecular formula is C11H18INO2. The van der Waals surface area contributed by atoms with Crippen molar-refractivity contribution in [1.29, 1.82) is 0 Å². The number of hydrogen-bond donors (Lipinski definition) is 1. The second-order valence-electron chi connectivity index (χ2n) is 3.53. The van der Waals surface area contributed by atoms with Crippen molar-refractivity contribution < 1.29 is 9.15 Å². The summed E-state index contributed by atoms with van der Waals surface area (Å²) in [6.07, 6.45) is 2.29. The van der Waals surface area contributed by atoms with Crippen LogP contribution in [-0.4, -0.2) is 19.8 Å². The Labute approximate surface area is 105 Å². The molecule has 0 spiro atoms. The van der Waals surface area contributed by atoms with Crippen LogP contribution in [-0.2, 0) is 11.3 Å². The highest BCUT2D eigenvalue weighted by molar-refractivity contribution is 14.1. The summed E-state index contributed by atoms with van der Waals surface area (Å²) in [4.78, 5) is 0. The topological polar surface area (TPSA) is 34.4 Å². The molecule has 86 valence electrons. The highest BCUT2D eigenvalue weighted by atomic mass is 127. The number of nitrogens with one attached hydrogen (secondary N) is 1. The molecule has 4 heteroatoms. The molecule has 3 nitrogen and oxygen atoms in total. The molecule has 1 aromatic heterocycles. The summed E-state index contributed by atoms with van der Waals surface area (Å²) in [5.41, 5.74) is 0. The van der Waals surface area contributed by atoms with E-state index in [9.17, 15) is 0 Å². The SMILES string of the molecule is CCCC(COC)NCc1ccc(I)o1. The van der Waals surface area contributed by atoms with Gasteiger partial charge in [-0.05, 0) is 41.1 Å². The molecule has 0 fully saturated rings. The maximum atomic E-state index is 5.47. The third-order valence-corrected chi connectivity index (χ3v) is 2.78. The van der Waals surface area contributed by atoms with Crippen molar-refractivity contribution in [3.63, 3.8) is 0 Å². The Balaban J connectivity index is 2.32. The van der Waals surface area contributed by atoms with Gasteiger partial charge in [0.15, 0.2) is 3.77 Å². The summed E-state index contributed by atoms with van der Waals surface area (Å²) in [6.45, 7) is 3.71. The summed E-state index contributed by atoms with van der Waals surface area (Å²) in [7, 11) is 1.74. The van der Waals surface area contributed by atoms with Crippen molar-refractivity contribution in [2.45, 2.75) is 32.4 Å². The van der Waals surface area contributed by atoms with Gasteiger partial charge in [-0.15, -0.1) is 0 Å². The van der Waals surface area contributed by atoms with Gasteiger partial charge in [-0.25, -0.2) is 0 Å². The molecular weight excluding hydrogens is 305 g/mol. The van der Waals surface area contributed by atoms with Gasteiger partial charge >= 0.3 is 0 Å². The van der Waals surface area contributed by atoms with E-state index in [1.807, 2.05) is 12.1 Å². The predicted octanol–water partition coefficient (Wildman–Crippen LogP) is 2.79. The average molecular weight is 323 g/mol. The summed E-state index contributed by atoms with van der Waals surface area (Å²) < 4.78 is 11.6. The third kappa shape index (κ3) is 4.99. The normalized spacial score (nSPS) is 13.0. The second-order valence-corrected chi connectivity index (χ2v) is 4.59. The molecule has 0 bridgehead atoms. The maximum Gasteiger partial charge on any atom is 0.164 e. The molecule has 1 N–H and O–H groups in total. The van der Waals surface area contributed by atoms with Crippen LogP contribution in [0.3, 0.4) is 0 Å².